The van der Waals surface area contributed by atoms with Crippen LogP contribution in [0.5, 0.6) is 0 Å². The van der Waals surface area contributed by atoms with Gasteiger partial charge < -0.3 is 0 Å². The van der Waals surface area contributed by atoms with E-state index in [1.54, 1.807) is 0 Å². The quantitative estimate of drug-likeness (QED) is 0.513. The van der Waals surface area contributed by atoms with Crippen LogP contribution in [0.15, 0.2) is 36.4 Å². The van der Waals surface area contributed by atoms with E-state index in [-0.39, 0.29) is 0 Å². The summed E-state index contributed by atoms with van der Waals surface area (Å²) in [6.07, 6.45) is 4.81. The van der Waals surface area contributed by atoms with Gasteiger partial charge in [0.15, 0.2) is 0 Å². The Hall–Kier alpha value is -0.950. The SMILES string of the molecule is CCC(C)c1ccc2cc(CCCCS)ccc2c1. The monoisotopic (exact) mass is 272 g/mol. The van der Waals surface area contributed by atoms with Crippen LogP contribution in [-0.4, -0.2) is 5.75 Å². The molecule has 0 saturated carbocycles. The molecule has 0 spiro atoms. The highest BCUT2D eigenvalue weighted by Gasteiger charge is 2.04. The van der Waals surface area contributed by atoms with Gasteiger partial charge in [-0.1, -0.05) is 50.2 Å². The van der Waals surface area contributed by atoms with Crippen LogP contribution in [0.4, 0.5) is 0 Å². The topological polar surface area (TPSA) is 0 Å². The van der Waals surface area contributed by atoms with Crippen LogP contribution in [0.2, 0.25) is 0 Å². The maximum Gasteiger partial charge on any atom is -0.00978 e. The van der Waals surface area contributed by atoms with Crippen LogP contribution in [0.3, 0.4) is 0 Å². The van der Waals surface area contributed by atoms with Gasteiger partial charge >= 0.3 is 0 Å². The maximum atomic E-state index is 4.27. The van der Waals surface area contributed by atoms with E-state index in [1.165, 1.54) is 47.6 Å². The van der Waals surface area contributed by atoms with Crippen molar-refractivity contribution in [3.8, 4) is 0 Å². The minimum Gasteiger partial charge on any atom is -0.179 e. The molecule has 0 saturated heterocycles. The van der Waals surface area contributed by atoms with Crippen molar-refractivity contribution in [2.75, 3.05) is 5.75 Å². The Morgan fingerprint density at radius 2 is 1.74 bits per heavy atom. The van der Waals surface area contributed by atoms with Gasteiger partial charge in [0.2, 0.25) is 0 Å². The first-order valence-electron chi connectivity index (χ1n) is 7.38. The molecule has 1 heteroatoms. The van der Waals surface area contributed by atoms with Gasteiger partial charge in [0.1, 0.15) is 0 Å². The van der Waals surface area contributed by atoms with Gasteiger partial charge in [-0.2, -0.15) is 12.6 Å². The van der Waals surface area contributed by atoms with Crippen molar-refractivity contribution in [2.45, 2.75) is 45.4 Å². The van der Waals surface area contributed by atoms with Crippen LogP contribution in [-0.2, 0) is 6.42 Å². The summed E-state index contributed by atoms with van der Waals surface area (Å²) in [6.45, 7) is 4.55. The first kappa shape index (κ1) is 14.5. The summed E-state index contributed by atoms with van der Waals surface area (Å²) >= 11 is 4.27. The molecule has 0 amide bonds. The molecular formula is C18H24S. The molecule has 1 unspecified atom stereocenters. The fourth-order valence-corrected chi connectivity index (χ4v) is 2.68. The molecule has 0 fully saturated rings. The van der Waals surface area contributed by atoms with Gasteiger partial charge in [0, 0.05) is 0 Å². The van der Waals surface area contributed by atoms with Gasteiger partial charge in [-0.3, -0.25) is 0 Å². The van der Waals surface area contributed by atoms with Crippen LogP contribution >= 0.6 is 12.6 Å². The van der Waals surface area contributed by atoms with Crippen LogP contribution in [0, 0.1) is 0 Å². The van der Waals surface area contributed by atoms with E-state index in [1.807, 2.05) is 0 Å². The zero-order valence-corrected chi connectivity index (χ0v) is 12.9. The molecule has 0 aromatic heterocycles. The highest BCUT2D eigenvalue weighted by molar-refractivity contribution is 7.80. The normalized spacial score (nSPS) is 12.8. The minimum atomic E-state index is 0.652. The third kappa shape index (κ3) is 3.76. The number of thiol groups is 1. The molecule has 0 N–H and O–H groups in total. The highest BCUT2D eigenvalue weighted by atomic mass is 32.1. The number of hydrogen-bond donors (Lipinski definition) is 1. The number of unbranched alkanes of at least 4 members (excludes halogenated alkanes) is 1. The Morgan fingerprint density at radius 3 is 2.47 bits per heavy atom. The summed E-state index contributed by atoms with van der Waals surface area (Å²) in [4.78, 5) is 0. The van der Waals surface area contributed by atoms with Crippen LogP contribution < -0.4 is 0 Å². The molecular weight excluding hydrogens is 248 g/mol. The molecule has 2 aromatic carbocycles. The lowest BCUT2D eigenvalue weighted by Gasteiger charge is -2.11. The molecule has 2 aromatic rings. The molecule has 0 aliphatic heterocycles. The predicted molar refractivity (Wildman–Crippen MR) is 89.4 cm³/mol. The molecule has 1 atom stereocenters. The number of hydrogen-bond acceptors (Lipinski definition) is 1. The van der Waals surface area contributed by atoms with E-state index in [0.717, 1.165) is 5.75 Å². The number of rotatable bonds is 6. The molecule has 0 heterocycles. The maximum absolute atomic E-state index is 4.27. The number of fused-ring (bicyclic) bond motifs is 1. The standard InChI is InChI=1S/C18H24S/c1-3-14(2)16-9-10-17-12-15(6-4-5-11-19)7-8-18(17)13-16/h7-10,12-14,19H,3-6,11H2,1-2H3. The van der Waals surface area contributed by atoms with Crippen molar-refractivity contribution in [1.29, 1.82) is 0 Å². The van der Waals surface area contributed by atoms with E-state index in [9.17, 15) is 0 Å². The van der Waals surface area contributed by atoms with Gasteiger partial charge in [-0.05, 0) is 59.3 Å². The average molecular weight is 272 g/mol. The fourth-order valence-electron chi connectivity index (χ4n) is 2.45. The van der Waals surface area contributed by atoms with E-state index < -0.39 is 0 Å². The van der Waals surface area contributed by atoms with Gasteiger partial charge in [-0.15, -0.1) is 0 Å². The summed E-state index contributed by atoms with van der Waals surface area (Å²) in [6, 6.07) is 13.8. The first-order valence-corrected chi connectivity index (χ1v) is 8.01. The predicted octanol–water partition coefficient (Wildman–Crippen LogP) is 5.61. The summed E-state index contributed by atoms with van der Waals surface area (Å²) in [7, 11) is 0. The van der Waals surface area contributed by atoms with Crippen LogP contribution in [0.25, 0.3) is 10.8 Å². The summed E-state index contributed by atoms with van der Waals surface area (Å²) in [5, 5.41) is 2.74. The van der Waals surface area contributed by atoms with Crippen LogP contribution in [0.1, 0.15) is 50.2 Å². The zero-order chi connectivity index (χ0) is 13.7. The number of aryl methyl sites for hydroxylation is 1. The molecule has 0 radical (unpaired) electrons. The average Bonchev–Trinajstić information content (AvgIpc) is 2.46. The van der Waals surface area contributed by atoms with Crippen molar-refractivity contribution in [3.05, 3.63) is 47.5 Å². The second kappa shape index (κ2) is 7.00. The molecule has 19 heavy (non-hydrogen) atoms. The van der Waals surface area contributed by atoms with Crippen molar-refractivity contribution in [2.24, 2.45) is 0 Å². The molecule has 102 valence electrons. The van der Waals surface area contributed by atoms with E-state index in [4.69, 9.17) is 0 Å². The first-order chi connectivity index (χ1) is 9.24. The Morgan fingerprint density at radius 1 is 1.00 bits per heavy atom. The fraction of sp³-hybridized carbons (Fsp3) is 0.444. The Balaban J connectivity index is 2.20. The Bertz CT molecular complexity index is 530. The molecule has 0 aliphatic carbocycles. The summed E-state index contributed by atoms with van der Waals surface area (Å²) in [5.41, 5.74) is 2.91. The Labute approximate surface area is 122 Å². The van der Waals surface area contributed by atoms with Crippen molar-refractivity contribution < 1.29 is 0 Å². The van der Waals surface area contributed by atoms with E-state index in [0.29, 0.717) is 5.92 Å². The van der Waals surface area contributed by atoms with E-state index in [2.05, 4.69) is 62.9 Å². The summed E-state index contributed by atoms with van der Waals surface area (Å²) in [5.74, 6) is 1.64. The lowest BCUT2D eigenvalue weighted by molar-refractivity contribution is 0.735. The van der Waals surface area contributed by atoms with Crippen molar-refractivity contribution >= 4 is 23.4 Å². The second-order valence-electron chi connectivity index (χ2n) is 5.43. The lowest BCUT2D eigenvalue weighted by atomic mass is 9.95. The number of benzene rings is 2. The molecule has 0 bridgehead atoms. The Kier molecular flexibility index (Phi) is 5.33. The third-order valence-corrected chi connectivity index (χ3v) is 4.30. The second-order valence-corrected chi connectivity index (χ2v) is 5.88. The highest BCUT2D eigenvalue weighted by Crippen LogP contribution is 2.24. The van der Waals surface area contributed by atoms with Gasteiger partial charge in [0.05, 0.1) is 0 Å². The zero-order valence-electron chi connectivity index (χ0n) is 12.0. The lowest BCUT2D eigenvalue weighted by Crippen LogP contribution is -1.91. The smallest absolute Gasteiger partial charge is 0.00978 e. The van der Waals surface area contributed by atoms with Gasteiger partial charge in [0.25, 0.3) is 0 Å². The molecule has 0 nitrogen and oxygen atoms in total. The minimum absolute atomic E-state index is 0.652. The van der Waals surface area contributed by atoms with E-state index >= 15 is 0 Å². The summed E-state index contributed by atoms with van der Waals surface area (Å²) < 4.78 is 0. The molecule has 0 aliphatic rings. The largest absolute Gasteiger partial charge is 0.179 e. The van der Waals surface area contributed by atoms with Crippen molar-refractivity contribution in [3.63, 3.8) is 0 Å². The van der Waals surface area contributed by atoms with Gasteiger partial charge in [-0.25, -0.2) is 0 Å². The van der Waals surface area contributed by atoms with Crippen molar-refractivity contribution in [1.82, 2.24) is 0 Å². The molecule has 2 rings (SSSR count). The third-order valence-electron chi connectivity index (χ3n) is 3.98.